The molecule has 0 bridgehead atoms. The highest BCUT2D eigenvalue weighted by Gasteiger charge is 2.42. The molecule has 4 rings (SSSR count). The van der Waals surface area contributed by atoms with E-state index in [4.69, 9.17) is 0 Å². The summed E-state index contributed by atoms with van der Waals surface area (Å²) in [5.41, 5.74) is 0.182. The number of sulfonamides is 2. The molecule has 262 valence electrons. The number of halogens is 5. The highest BCUT2D eigenvalue weighted by atomic mass is 32.2. The Balaban J connectivity index is 1.59. The number of hydrogen-bond donors (Lipinski definition) is 2. The van der Waals surface area contributed by atoms with Crippen LogP contribution in [0.25, 0.3) is 0 Å². The van der Waals surface area contributed by atoms with Crippen LogP contribution in [0.2, 0.25) is 0 Å². The summed E-state index contributed by atoms with van der Waals surface area (Å²) in [4.78, 5) is 24.6. The number of thiophene rings is 1. The molecule has 19 heteroatoms. The van der Waals surface area contributed by atoms with E-state index in [-0.39, 0.29) is 41.3 Å². The zero-order valence-electron chi connectivity index (χ0n) is 25.3. The maximum atomic E-state index is 14.0. The third-order valence-electron chi connectivity index (χ3n) is 7.42. The van der Waals surface area contributed by atoms with Crippen LogP contribution >= 0.6 is 11.3 Å². The first kappa shape index (κ1) is 37.2. The van der Waals surface area contributed by atoms with E-state index in [2.05, 4.69) is 19.5 Å². The van der Waals surface area contributed by atoms with Crippen LogP contribution in [0.15, 0.2) is 69.8 Å². The number of rotatable bonds is 12. The lowest BCUT2D eigenvalue weighted by molar-refractivity contribution is -0.274. The zero-order valence-corrected chi connectivity index (χ0v) is 27.7. The molecule has 1 aliphatic rings. The number of alkyl halides is 5. The van der Waals surface area contributed by atoms with Crippen molar-refractivity contribution in [1.29, 1.82) is 0 Å². The van der Waals surface area contributed by atoms with E-state index in [9.17, 15) is 48.4 Å². The Bertz CT molecular complexity index is 1830. The third kappa shape index (κ3) is 8.68. The average molecular weight is 740 g/mol. The molecular weight excluding hydrogens is 710 g/mol. The summed E-state index contributed by atoms with van der Waals surface area (Å²) >= 11 is 0.831. The van der Waals surface area contributed by atoms with Crippen LogP contribution in [-0.4, -0.2) is 65.1 Å². The van der Waals surface area contributed by atoms with Crippen LogP contribution in [0.5, 0.6) is 5.75 Å². The standard InChI is InChI=1S/C29H30F5N3O8S3/c1-3-28(30,31)19-6-4-18(5-7-19)17-35-26(38)23-16-20(36-47(40,41)24-13-15-46-25(24)27(39)44-2)12-14-37(23)48(42,43)22-10-8-21(9-11-22)45-29(32,33)34/h4-11,13,15,20,23,36H,3,12,14,16-17H2,1-2H3,(H,35,38)/t20-,23-/m1/s1. The van der Waals surface area contributed by atoms with Crippen molar-refractivity contribution in [2.75, 3.05) is 13.7 Å². The van der Waals surface area contributed by atoms with E-state index in [1.165, 1.54) is 42.6 Å². The monoisotopic (exact) mass is 739 g/mol. The Morgan fingerprint density at radius 1 is 0.979 bits per heavy atom. The van der Waals surface area contributed by atoms with E-state index < -0.39 is 73.4 Å². The van der Waals surface area contributed by atoms with Crippen LogP contribution < -0.4 is 14.8 Å². The number of ether oxygens (including phenoxy) is 2. The Hall–Kier alpha value is -3.65. The second-order valence-electron chi connectivity index (χ2n) is 10.6. The first-order valence-electron chi connectivity index (χ1n) is 14.2. The van der Waals surface area contributed by atoms with Crippen molar-refractivity contribution >= 4 is 43.3 Å². The summed E-state index contributed by atoms with van der Waals surface area (Å²) in [6, 6.07) is 7.15. The van der Waals surface area contributed by atoms with Gasteiger partial charge in [-0.25, -0.2) is 35.1 Å². The first-order chi connectivity index (χ1) is 22.4. The van der Waals surface area contributed by atoms with Gasteiger partial charge in [0.05, 0.1) is 12.0 Å². The molecule has 1 saturated heterocycles. The molecule has 0 radical (unpaired) electrons. The number of benzene rings is 2. The summed E-state index contributed by atoms with van der Waals surface area (Å²) in [5.74, 6) is -5.47. The molecule has 2 N–H and O–H groups in total. The molecule has 0 aliphatic carbocycles. The number of carbonyl (C=O) groups is 2. The molecule has 2 aromatic carbocycles. The quantitative estimate of drug-likeness (QED) is 0.200. The second-order valence-corrected chi connectivity index (χ2v) is 15.1. The van der Waals surface area contributed by atoms with Crippen LogP contribution in [0.3, 0.4) is 0 Å². The minimum absolute atomic E-state index is 0.123. The Morgan fingerprint density at radius 2 is 1.62 bits per heavy atom. The molecule has 0 saturated carbocycles. The maximum absolute atomic E-state index is 14.0. The number of carbonyl (C=O) groups excluding carboxylic acids is 2. The normalized spacial score (nSPS) is 17.9. The molecule has 2 atom stereocenters. The third-order valence-corrected chi connectivity index (χ3v) is 11.9. The molecule has 1 aliphatic heterocycles. The zero-order chi connectivity index (χ0) is 35.5. The number of esters is 1. The van der Waals surface area contributed by atoms with Crippen LogP contribution in [-0.2, 0) is 42.0 Å². The van der Waals surface area contributed by atoms with Crippen molar-refractivity contribution in [2.24, 2.45) is 0 Å². The van der Waals surface area contributed by atoms with Gasteiger partial charge in [-0.15, -0.1) is 24.5 Å². The van der Waals surface area contributed by atoms with Crippen molar-refractivity contribution in [2.45, 2.75) is 66.9 Å². The van der Waals surface area contributed by atoms with E-state index in [0.717, 1.165) is 47.0 Å². The minimum atomic E-state index is -5.02. The molecule has 0 spiro atoms. The predicted molar refractivity (Wildman–Crippen MR) is 162 cm³/mol. The molecule has 11 nitrogen and oxygen atoms in total. The highest BCUT2D eigenvalue weighted by Crippen LogP contribution is 2.32. The Labute approximate surface area is 277 Å². The molecule has 1 fully saturated rings. The number of piperidine rings is 1. The molecule has 0 unspecified atom stereocenters. The van der Waals surface area contributed by atoms with E-state index in [0.29, 0.717) is 5.56 Å². The summed E-state index contributed by atoms with van der Waals surface area (Å²) in [6.07, 6.45) is -5.94. The fourth-order valence-electron chi connectivity index (χ4n) is 4.94. The van der Waals surface area contributed by atoms with E-state index >= 15 is 0 Å². The van der Waals surface area contributed by atoms with E-state index in [1.54, 1.807) is 0 Å². The minimum Gasteiger partial charge on any atom is -0.465 e. The van der Waals surface area contributed by atoms with Gasteiger partial charge in [-0.05, 0) is 54.1 Å². The van der Waals surface area contributed by atoms with Crippen molar-refractivity contribution < 1.29 is 57.9 Å². The lowest BCUT2D eigenvalue weighted by Crippen LogP contribution is -2.57. The van der Waals surface area contributed by atoms with Crippen LogP contribution in [0, 0.1) is 0 Å². The fourth-order valence-corrected chi connectivity index (χ4v) is 9.17. The lowest BCUT2D eigenvalue weighted by Gasteiger charge is -2.37. The first-order valence-corrected chi connectivity index (χ1v) is 18.0. The number of amides is 1. The van der Waals surface area contributed by atoms with Gasteiger partial charge in [-0.1, -0.05) is 31.2 Å². The van der Waals surface area contributed by atoms with Gasteiger partial charge in [0.15, 0.2) is 0 Å². The summed E-state index contributed by atoms with van der Waals surface area (Å²) in [5, 5.41) is 3.93. The highest BCUT2D eigenvalue weighted by molar-refractivity contribution is 7.90. The molecule has 48 heavy (non-hydrogen) atoms. The van der Waals surface area contributed by atoms with Gasteiger partial charge in [0, 0.05) is 31.1 Å². The molecule has 1 amide bonds. The topological polar surface area (TPSA) is 148 Å². The Kier molecular flexibility index (Phi) is 11.2. The second kappa shape index (κ2) is 14.5. The number of nitrogens with one attached hydrogen (secondary N) is 2. The predicted octanol–water partition coefficient (Wildman–Crippen LogP) is 4.75. The number of methoxy groups -OCH3 is 1. The molecule has 3 aromatic rings. The van der Waals surface area contributed by atoms with Gasteiger partial charge in [-0.2, -0.15) is 4.31 Å². The molecule has 2 heterocycles. The maximum Gasteiger partial charge on any atom is 0.573 e. The number of hydrogen-bond acceptors (Lipinski definition) is 9. The summed E-state index contributed by atoms with van der Waals surface area (Å²) < 4.78 is 131. The Morgan fingerprint density at radius 3 is 2.21 bits per heavy atom. The summed E-state index contributed by atoms with van der Waals surface area (Å²) in [6.45, 7) is 0.746. The van der Waals surface area contributed by atoms with Crippen LogP contribution in [0.1, 0.15) is 47.0 Å². The van der Waals surface area contributed by atoms with Crippen molar-refractivity contribution in [1.82, 2.24) is 14.3 Å². The smallest absolute Gasteiger partial charge is 0.465 e. The van der Waals surface area contributed by atoms with Crippen molar-refractivity contribution in [3.8, 4) is 5.75 Å². The largest absolute Gasteiger partial charge is 0.573 e. The summed E-state index contributed by atoms with van der Waals surface area (Å²) in [7, 11) is -7.82. The van der Waals surface area contributed by atoms with Gasteiger partial charge >= 0.3 is 12.3 Å². The van der Waals surface area contributed by atoms with Gasteiger partial charge in [-0.3, -0.25) is 4.79 Å². The fraction of sp³-hybridized carbons (Fsp3) is 0.379. The SMILES string of the molecule is CCC(F)(F)c1ccc(CNC(=O)[C@H]2C[C@H](NS(=O)(=O)c3ccsc3C(=O)OC)CCN2S(=O)(=O)c2ccc(OC(F)(F)F)cc2)cc1. The van der Waals surface area contributed by atoms with Gasteiger partial charge in [0.1, 0.15) is 21.6 Å². The van der Waals surface area contributed by atoms with E-state index in [1.807, 2.05) is 0 Å². The van der Waals surface area contributed by atoms with Crippen LogP contribution in [0.4, 0.5) is 22.0 Å². The van der Waals surface area contributed by atoms with Gasteiger partial charge < -0.3 is 14.8 Å². The van der Waals surface area contributed by atoms with Gasteiger partial charge in [0.25, 0.3) is 5.92 Å². The molecule has 1 aromatic heterocycles. The van der Waals surface area contributed by atoms with Gasteiger partial charge in [0.2, 0.25) is 26.0 Å². The average Bonchev–Trinajstić information content (AvgIpc) is 3.54. The van der Waals surface area contributed by atoms with Crippen molar-refractivity contribution in [3.05, 3.63) is 76.0 Å². The number of nitrogens with zero attached hydrogens (tertiary/aromatic N) is 1. The molecular formula is C29H30F5N3O8S3. The van der Waals surface area contributed by atoms with Crippen molar-refractivity contribution in [3.63, 3.8) is 0 Å². The lowest BCUT2D eigenvalue weighted by atomic mass is 9.99.